The Morgan fingerprint density at radius 1 is 1.29 bits per heavy atom. The van der Waals surface area contributed by atoms with Crippen molar-refractivity contribution in [2.45, 2.75) is 13.5 Å². The Morgan fingerprint density at radius 3 is 2.57 bits per heavy atom. The van der Waals surface area contributed by atoms with Gasteiger partial charge in [0.2, 0.25) is 0 Å². The lowest BCUT2D eigenvalue weighted by Gasteiger charge is -1.95. The summed E-state index contributed by atoms with van der Waals surface area (Å²) < 4.78 is 8.01. The Morgan fingerprint density at radius 2 is 2.00 bits per heavy atom. The largest absolute Gasteiger partial charge is 0.378 e. The number of nitrogens with zero attached hydrogens (tertiary/aromatic N) is 1. The van der Waals surface area contributed by atoms with Crippen molar-refractivity contribution >= 4 is 12.2 Å². The van der Waals surface area contributed by atoms with Gasteiger partial charge in [0.25, 0.3) is 0 Å². The van der Waals surface area contributed by atoms with Gasteiger partial charge < -0.3 is 4.52 Å². The van der Waals surface area contributed by atoms with Gasteiger partial charge in [-0.15, -0.1) is 0 Å². The molecule has 0 atom stereocenters. The standard InChI is InChI=1S/C11H11NOS/c1-2-12-11(14)8-10(13-12)9-6-4-3-5-7-9/h3-8H,2H2,1H3. The van der Waals surface area contributed by atoms with Crippen LogP contribution in [0, 0.1) is 4.64 Å². The second-order valence-electron chi connectivity index (χ2n) is 3.00. The first kappa shape index (κ1) is 9.21. The van der Waals surface area contributed by atoms with Crippen LogP contribution in [-0.2, 0) is 6.54 Å². The molecule has 2 nitrogen and oxygen atoms in total. The summed E-state index contributed by atoms with van der Waals surface area (Å²) in [5, 5.41) is 0. The van der Waals surface area contributed by atoms with Gasteiger partial charge >= 0.3 is 0 Å². The van der Waals surface area contributed by atoms with Gasteiger partial charge in [-0.25, -0.2) is 0 Å². The molecular weight excluding hydrogens is 194 g/mol. The number of rotatable bonds is 2. The van der Waals surface area contributed by atoms with Gasteiger partial charge in [-0.05, 0) is 6.92 Å². The molecule has 0 amide bonds. The zero-order valence-corrected chi connectivity index (χ0v) is 8.75. The van der Waals surface area contributed by atoms with Crippen molar-refractivity contribution in [2.24, 2.45) is 0 Å². The molecule has 1 heterocycles. The van der Waals surface area contributed by atoms with Gasteiger partial charge in [0.1, 0.15) is 4.64 Å². The topological polar surface area (TPSA) is 18.1 Å². The van der Waals surface area contributed by atoms with E-state index < -0.39 is 0 Å². The van der Waals surface area contributed by atoms with E-state index in [4.69, 9.17) is 16.7 Å². The highest BCUT2D eigenvalue weighted by Crippen LogP contribution is 2.19. The molecule has 0 spiro atoms. The number of hydrogen-bond acceptors (Lipinski definition) is 2. The molecule has 0 saturated carbocycles. The fraction of sp³-hybridized carbons (Fsp3) is 0.182. The summed E-state index contributed by atoms with van der Waals surface area (Å²) in [4.78, 5) is 0. The summed E-state index contributed by atoms with van der Waals surface area (Å²) in [5.74, 6) is 0.831. The molecule has 0 aliphatic carbocycles. The summed E-state index contributed by atoms with van der Waals surface area (Å²) in [5.41, 5.74) is 1.06. The van der Waals surface area contributed by atoms with Crippen LogP contribution < -0.4 is 0 Å². The van der Waals surface area contributed by atoms with Crippen LogP contribution in [0.1, 0.15) is 6.92 Å². The average Bonchev–Trinajstić information content (AvgIpc) is 2.61. The molecular formula is C11H11NOS. The van der Waals surface area contributed by atoms with Crippen LogP contribution in [0.3, 0.4) is 0 Å². The quantitative estimate of drug-likeness (QED) is 0.698. The smallest absolute Gasteiger partial charge is 0.165 e. The van der Waals surface area contributed by atoms with Gasteiger partial charge in [-0.2, -0.15) is 4.74 Å². The Hall–Kier alpha value is -1.35. The van der Waals surface area contributed by atoms with Gasteiger partial charge in [0.05, 0.1) is 6.54 Å². The van der Waals surface area contributed by atoms with E-state index in [1.165, 1.54) is 0 Å². The third-order valence-corrected chi connectivity index (χ3v) is 2.38. The van der Waals surface area contributed by atoms with Crippen molar-refractivity contribution in [3.05, 3.63) is 41.0 Å². The first-order valence-electron chi connectivity index (χ1n) is 4.58. The molecule has 14 heavy (non-hydrogen) atoms. The summed E-state index contributed by atoms with van der Waals surface area (Å²) in [6, 6.07) is 11.8. The maximum atomic E-state index is 5.56. The first-order valence-corrected chi connectivity index (χ1v) is 4.98. The van der Waals surface area contributed by atoms with Crippen molar-refractivity contribution < 1.29 is 4.52 Å². The van der Waals surface area contributed by atoms with E-state index in [-0.39, 0.29) is 0 Å². The molecule has 0 N–H and O–H groups in total. The number of aromatic nitrogens is 1. The fourth-order valence-corrected chi connectivity index (χ4v) is 1.61. The van der Waals surface area contributed by atoms with Crippen molar-refractivity contribution in [2.75, 3.05) is 0 Å². The van der Waals surface area contributed by atoms with Crippen LogP contribution in [0.15, 0.2) is 40.9 Å². The minimum Gasteiger partial charge on any atom is -0.378 e. The summed E-state index contributed by atoms with van der Waals surface area (Å²) in [6.45, 7) is 2.78. The molecule has 72 valence electrons. The van der Waals surface area contributed by atoms with Gasteiger partial charge in [0.15, 0.2) is 5.76 Å². The maximum Gasteiger partial charge on any atom is 0.165 e. The summed E-state index contributed by atoms with van der Waals surface area (Å²) >= 11 is 5.14. The molecule has 0 aliphatic heterocycles. The molecule has 0 radical (unpaired) electrons. The van der Waals surface area contributed by atoms with Gasteiger partial charge in [-0.1, -0.05) is 42.5 Å². The van der Waals surface area contributed by atoms with Gasteiger partial charge in [0, 0.05) is 11.6 Å². The zero-order chi connectivity index (χ0) is 9.97. The number of benzene rings is 1. The summed E-state index contributed by atoms with van der Waals surface area (Å²) in [6.07, 6.45) is 0. The van der Waals surface area contributed by atoms with Crippen LogP contribution >= 0.6 is 12.2 Å². The minimum absolute atomic E-state index is 0.742. The SMILES string of the molecule is CCn1oc(-c2ccccc2)cc1=S. The Balaban J connectivity index is 2.48. The van der Waals surface area contributed by atoms with Crippen molar-refractivity contribution in [3.63, 3.8) is 0 Å². The number of hydrogen-bond donors (Lipinski definition) is 0. The Labute approximate surface area is 87.8 Å². The van der Waals surface area contributed by atoms with Crippen molar-refractivity contribution in [1.82, 2.24) is 4.74 Å². The van der Waals surface area contributed by atoms with Crippen LogP contribution in [0.2, 0.25) is 0 Å². The highest BCUT2D eigenvalue weighted by molar-refractivity contribution is 7.71. The minimum atomic E-state index is 0.742. The van der Waals surface area contributed by atoms with E-state index in [1.54, 1.807) is 4.74 Å². The highest BCUT2D eigenvalue weighted by atomic mass is 32.1. The lowest BCUT2D eigenvalue weighted by molar-refractivity contribution is 0.283. The third kappa shape index (κ3) is 1.63. The number of aryl methyl sites for hydroxylation is 1. The van der Waals surface area contributed by atoms with E-state index in [2.05, 4.69) is 0 Å². The molecule has 0 aliphatic rings. The summed E-state index contributed by atoms with van der Waals surface area (Å²) in [7, 11) is 0. The molecule has 0 fully saturated rings. The van der Waals surface area contributed by atoms with E-state index >= 15 is 0 Å². The van der Waals surface area contributed by atoms with E-state index in [0.29, 0.717) is 0 Å². The van der Waals surface area contributed by atoms with Crippen LogP contribution in [-0.4, -0.2) is 4.74 Å². The van der Waals surface area contributed by atoms with Crippen LogP contribution in [0.5, 0.6) is 0 Å². The average molecular weight is 205 g/mol. The lowest BCUT2D eigenvalue weighted by Crippen LogP contribution is -1.89. The molecule has 2 rings (SSSR count). The van der Waals surface area contributed by atoms with E-state index in [1.807, 2.05) is 43.3 Å². The van der Waals surface area contributed by atoms with Gasteiger partial charge in [-0.3, -0.25) is 0 Å². The lowest BCUT2D eigenvalue weighted by atomic mass is 10.2. The predicted molar refractivity (Wildman–Crippen MR) is 58.6 cm³/mol. The van der Waals surface area contributed by atoms with Crippen LogP contribution in [0.25, 0.3) is 11.3 Å². The Kier molecular flexibility index (Phi) is 2.50. The Bertz CT molecular complexity index is 470. The third-order valence-electron chi connectivity index (χ3n) is 2.05. The first-order chi connectivity index (χ1) is 6.81. The van der Waals surface area contributed by atoms with Crippen molar-refractivity contribution in [3.8, 4) is 11.3 Å². The zero-order valence-electron chi connectivity index (χ0n) is 7.93. The molecule has 0 unspecified atom stereocenters. The fourth-order valence-electron chi connectivity index (χ4n) is 1.33. The molecule has 2 aromatic rings. The van der Waals surface area contributed by atoms with E-state index in [9.17, 15) is 0 Å². The molecule has 0 saturated heterocycles. The van der Waals surface area contributed by atoms with Crippen LogP contribution in [0.4, 0.5) is 0 Å². The molecule has 0 bridgehead atoms. The molecule has 1 aromatic carbocycles. The second kappa shape index (κ2) is 3.80. The molecule has 3 heteroatoms. The predicted octanol–water partition coefficient (Wildman–Crippen LogP) is 3.50. The maximum absolute atomic E-state index is 5.56. The molecule has 1 aromatic heterocycles. The van der Waals surface area contributed by atoms with E-state index in [0.717, 1.165) is 22.5 Å². The second-order valence-corrected chi connectivity index (χ2v) is 3.42. The normalized spacial score (nSPS) is 10.4. The highest BCUT2D eigenvalue weighted by Gasteiger charge is 2.03. The monoisotopic (exact) mass is 205 g/mol. The van der Waals surface area contributed by atoms with Crippen molar-refractivity contribution in [1.29, 1.82) is 0 Å².